The monoisotopic (exact) mass is 484 g/mol. The van der Waals surface area contributed by atoms with E-state index in [0.29, 0.717) is 23.0 Å². The van der Waals surface area contributed by atoms with Gasteiger partial charge >= 0.3 is 15.2 Å². The fourth-order valence-electron chi connectivity index (χ4n) is 3.20. The fraction of sp³-hybridized carbons (Fsp3) is 0.500. The molecule has 0 saturated carbocycles. The minimum Gasteiger partial charge on any atom is -0.324 e. The molecule has 2 aromatic rings. The van der Waals surface area contributed by atoms with Gasteiger partial charge in [-0.25, -0.2) is 0 Å². The van der Waals surface area contributed by atoms with Crippen LogP contribution in [0.1, 0.15) is 75.1 Å². The molecule has 8 heteroatoms. The maximum Gasteiger partial charge on any atom is 0.332 e. The summed E-state index contributed by atoms with van der Waals surface area (Å²) in [6.07, 6.45) is 1.98. The van der Waals surface area contributed by atoms with Gasteiger partial charge in [-0.05, 0) is 60.8 Å². The Morgan fingerprint density at radius 1 is 0.562 bits per heavy atom. The van der Waals surface area contributed by atoms with Crippen molar-refractivity contribution in [2.24, 2.45) is 11.8 Å². The van der Waals surface area contributed by atoms with Crippen molar-refractivity contribution in [1.29, 1.82) is 0 Å². The van der Waals surface area contributed by atoms with E-state index < -0.39 is 26.5 Å². The lowest BCUT2D eigenvalue weighted by atomic mass is 10.0. The van der Waals surface area contributed by atoms with Crippen LogP contribution in [-0.2, 0) is 22.0 Å². The Hall–Kier alpha value is -1.26. The second-order valence-electron chi connectivity index (χ2n) is 9.21. The van der Waals surface area contributed by atoms with Crippen LogP contribution in [0.15, 0.2) is 48.5 Å². The van der Waals surface area contributed by atoms with Gasteiger partial charge in [0.15, 0.2) is 0 Å². The Bertz CT molecular complexity index is 833. The van der Waals surface area contributed by atoms with Gasteiger partial charge in [-0.1, -0.05) is 76.2 Å². The zero-order chi connectivity index (χ0) is 24.7. The number of hydrogen-bond acceptors (Lipinski definition) is 2. The molecule has 0 aliphatic heterocycles. The lowest BCUT2D eigenvalue weighted by Crippen LogP contribution is -1.97. The maximum absolute atomic E-state index is 11.1. The van der Waals surface area contributed by atoms with Gasteiger partial charge in [0, 0.05) is 0 Å². The molecule has 0 fully saturated rings. The highest BCUT2D eigenvalue weighted by Crippen LogP contribution is 2.52. The Balaban J connectivity index is 0.000000320. The van der Waals surface area contributed by atoms with E-state index in [1.165, 1.54) is 11.1 Å². The van der Waals surface area contributed by atoms with E-state index >= 15 is 0 Å². The molecule has 2 atom stereocenters. The summed E-state index contributed by atoms with van der Waals surface area (Å²) in [7, 11) is -8.04. The van der Waals surface area contributed by atoms with Crippen LogP contribution in [0.4, 0.5) is 0 Å². The normalized spacial score (nSPS) is 14.1. The predicted octanol–water partition coefficient (Wildman–Crippen LogP) is 6.25. The van der Waals surface area contributed by atoms with E-state index in [1.807, 2.05) is 48.5 Å². The summed E-state index contributed by atoms with van der Waals surface area (Å²) in [5.41, 5.74) is 2.36. The van der Waals surface area contributed by atoms with Crippen molar-refractivity contribution in [3.8, 4) is 0 Å². The third kappa shape index (κ3) is 10.1. The first-order valence-corrected chi connectivity index (χ1v) is 14.3. The van der Waals surface area contributed by atoms with Crippen molar-refractivity contribution < 1.29 is 28.7 Å². The number of benzene rings is 2. The highest BCUT2D eigenvalue weighted by atomic mass is 31.2. The van der Waals surface area contributed by atoms with Crippen LogP contribution in [0, 0.1) is 11.8 Å². The van der Waals surface area contributed by atoms with Gasteiger partial charge in [-0.3, -0.25) is 9.13 Å². The van der Waals surface area contributed by atoms with Gasteiger partial charge in [0.2, 0.25) is 0 Å². The molecule has 32 heavy (non-hydrogen) atoms. The Morgan fingerprint density at radius 3 is 1.00 bits per heavy atom. The lowest BCUT2D eigenvalue weighted by Gasteiger charge is -2.14. The summed E-state index contributed by atoms with van der Waals surface area (Å²) in [5.74, 6) is 1.18. The van der Waals surface area contributed by atoms with Gasteiger partial charge in [0.1, 0.15) is 0 Å². The molecule has 2 rings (SSSR count). The largest absolute Gasteiger partial charge is 0.332 e. The van der Waals surface area contributed by atoms with Gasteiger partial charge in [0.25, 0.3) is 0 Å². The van der Waals surface area contributed by atoms with Crippen molar-refractivity contribution in [3.05, 3.63) is 70.8 Å². The topological polar surface area (TPSA) is 115 Å². The van der Waals surface area contributed by atoms with Gasteiger partial charge in [-0.15, -0.1) is 0 Å². The van der Waals surface area contributed by atoms with E-state index in [1.54, 1.807) is 13.8 Å². The fourth-order valence-corrected chi connectivity index (χ4v) is 4.32. The Kier molecular flexibility index (Phi) is 11.0. The molecule has 0 radical (unpaired) electrons. The average molecular weight is 485 g/mol. The minimum absolute atomic E-state index is 0.588. The van der Waals surface area contributed by atoms with E-state index in [2.05, 4.69) is 27.7 Å². The second kappa shape index (κ2) is 12.3. The first kappa shape index (κ1) is 28.8. The molecule has 0 aliphatic carbocycles. The zero-order valence-corrected chi connectivity index (χ0v) is 21.6. The van der Waals surface area contributed by atoms with E-state index in [0.717, 1.165) is 12.8 Å². The van der Waals surface area contributed by atoms with Gasteiger partial charge < -0.3 is 19.6 Å². The molecular weight excluding hydrogens is 446 g/mol. The second-order valence-corrected chi connectivity index (χ2v) is 13.1. The van der Waals surface area contributed by atoms with Crippen LogP contribution < -0.4 is 0 Å². The standard InChI is InChI=1S/2C12H19O3P/c2*1-9(2)8-11-4-6-12(7-5-11)10(3)16(13,14)15/h2*4-7,9-10H,8H2,1-3H3,(H2,13,14,15)/t2*10-/m11/s1. The molecule has 0 aromatic heterocycles. The maximum atomic E-state index is 11.1. The lowest BCUT2D eigenvalue weighted by molar-refractivity contribution is 0.359. The van der Waals surface area contributed by atoms with Crippen LogP contribution in [0.2, 0.25) is 0 Å². The van der Waals surface area contributed by atoms with Crippen LogP contribution in [-0.4, -0.2) is 19.6 Å². The summed E-state index contributed by atoms with van der Waals surface area (Å²) < 4.78 is 22.2. The highest BCUT2D eigenvalue weighted by Gasteiger charge is 2.26. The number of rotatable bonds is 8. The predicted molar refractivity (Wildman–Crippen MR) is 131 cm³/mol. The Morgan fingerprint density at radius 2 is 0.812 bits per heavy atom. The highest BCUT2D eigenvalue weighted by molar-refractivity contribution is 7.52. The molecule has 4 N–H and O–H groups in total. The molecule has 0 aliphatic rings. The van der Waals surface area contributed by atoms with Crippen LogP contribution in [0.5, 0.6) is 0 Å². The van der Waals surface area contributed by atoms with Crippen molar-refractivity contribution >= 4 is 15.2 Å². The summed E-state index contributed by atoms with van der Waals surface area (Å²) in [6.45, 7) is 11.7. The summed E-state index contributed by atoms with van der Waals surface area (Å²) >= 11 is 0. The van der Waals surface area contributed by atoms with Crippen molar-refractivity contribution in [2.45, 2.75) is 65.7 Å². The molecule has 0 heterocycles. The molecule has 0 amide bonds. The smallest absolute Gasteiger partial charge is 0.324 e. The molecule has 6 nitrogen and oxygen atoms in total. The summed E-state index contributed by atoms with van der Waals surface area (Å²) in [4.78, 5) is 36.3. The SMILES string of the molecule is CC(C)Cc1ccc([C@@H](C)P(=O)(O)O)cc1.CC(C)Cc1ccc([C@@H](C)P(=O)(O)O)cc1. The minimum atomic E-state index is -4.02. The van der Waals surface area contributed by atoms with Crippen molar-refractivity contribution in [3.63, 3.8) is 0 Å². The van der Waals surface area contributed by atoms with Crippen molar-refractivity contribution in [2.75, 3.05) is 0 Å². The molecule has 2 aromatic carbocycles. The van der Waals surface area contributed by atoms with Crippen LogP contribution >= 0.6 is 15.2 Å². The first-order chi connectivity index (χ1) is 14.6. The quantitative estimate of drug-likeness (QED) is 0.329. The van der Waals surface area contributed by atoms with Crippen molar-refractivity contribution in [1.82, 2.24) is 0 Å². The summed E-state index contributed by atoms with van der Waals surface area (Å²) in [5, 5.41) is 0. The summed E-state index contributed by atoms with van der Waals surface area (Å²) in [6, 6.07) is 15.0. The van der Waals surface area contributed by atoms with Gasteiger partial charge in [-0.2, -0.15) is 0 Å². The van der Waals surface area contributed by atoms with E-state index in [9.17, 15) is 9.13 Å². The van der Waals surface area contributed by atoms with E-state index in [-0.39, 0.29) is 0 Å². The number of hydrogen-bond donors (Lipinski definition) is 4. The van der Waals surface area contributed by atoms with Gasteiger partial charge in [0.05, 0.1) is 11.3 Å². The molecule has 180 valence electrons. The third-order valence-electron chi connectivity index (χ3n) is 5.22. The Labute approximate surface area is 192 Å². The van der Waals surface area contributed by atoms with E-state index in [4.69, 9.17) is 19.6 Å². The van der Waals surface area contributed by atoms with Crippen LogP contribution in [0.3, 0.4) is 0 Å². The zero-order valence-electron chi connectivity index (χ0n) is 19.8. The molecule has 0 spiro atoms. The average Bonchev–Trinajstić information content (AvgIpc) is 2.66. The molecule has 0 saturated heterocycles. The molecular formula is C24H38O6P2. The molecule has 0 unspecified atom stereocenters. The molecule has 0 bridgehead atoms. The van der Waals surface area contributed by atoms with Crippen LogP contribution in [0.25, 0.3) is 0 Å². The third-order valence-corrected chi connectivity index (χ3v) is 7.84. The first-order valence-electron chi connectivity index (χ1n) is 10.9.